The molecule has 0 bridgehead atoms. The lowest BCUT2D eigenvalue weighted by Gasteiger charge is -2.43. The molecule has 0 fully saturated rings. The summed E-state index contributed by atoms with van der Waals surface area (Å²) in [6, 6.07) is 49.6. The van der Waals surface area contributed by atoms with Gasteiger partial charge < -0.3 is 9.47 Å². The highest BCUT2D eigenvalue weighted by molar-refractivity contribution is 6.15. The van der Waals surface area contributed by atoms with Crippen molar-refractivity contribution in [2.45, 2.75) is 85.2 Å². The highest BCUT2D eigenvalue weighted by Gasteiger charge is 2.61. The second-order valence-electron chi connectivity index (χ2n) is 18.6. The summed E-state index contributed by atoms with van der Waals surface area (Å²) in [6.45, 7) is 20.5. The fraction of sp³-hybridized carbons (Fsp3) is 0.236. The Hall–Kier alpha value is -6.26. The highest BCUT2D eigenvalue weighted by Crippen LogP contribution is 2.57. The zero-order valence-corrected chi connectivity index (χ0v) is 35.8. The number of aryl methyl sites for hydroxylation is 4. The number of aromatic nitrogens is 2. The average molecular weight is 769 g/mol. The fourth-order valence-corrected chi connectivity index (χ4v) is 10.4. The van der Waals surface area contributed by atoms with Crippen LogP contribution < -0.4 is 4.90 Å². The molecule has 0 amide bonds. The van der Waals surface area contributed by atoms with Crippen LogP contribution in [0.1, 0.15) is 79.1 Å². The van der Waals surface area contributed by atoms with Gasteiger partial charge in [0.1, 0.15) is 11.4 Å². The van der Waals surface area contributed by atoms with E-state index in [2.05, 4.69) is 205 Å². The number of anilines is 1. The molecule has 4 heteroatoms. The number of hydrogen-bond donors (Lipinski definition) is 0. The molecule has 2 aromatic heterocycles. The van der Waals surface area contributed by atoms with Gasteiger partial charge in [-0.1, -0.05) is 123 Å². The molecular weight excluding hydrogens is 717 g/mol. The molecule has 4 nitrogen and oxygen atoms in total. The van der Waals surface area contributed by atoms with E-state index < -0.39 is 5.54 Å². The quantitative estimate of drug-likeness (QED) is 0.175. The van der Waals surface area contributed by atoms with E-state index in [1.807, 2.05) is 6.20 Å². The van der Waals surface area contributed by atoms with Crippen LogP contribution in [0.25, 0.3) is 49.9 Å². The van der Waals surface area contributed by atoms with Gasteiger partial charge in [0.2, 0.25) is 0 Å². The maximum absolute atomic E-state index is 5.95. The lowest BCUT2D eigenvalue weighted by Crippen LogP contribution is -2.54. The molecule has 0 spiro atoms. The number of rotatable bonds is 5. The minimum Gasteiger partial charge on any atom is -0.317 e. The minimum atomic E-state index is -0.464. The molecule has 0 N–H and O–H groups in total. The number of benzene rings is 6. The van der Waals surface area contributed by atoms with Gasteiger partial charge in [-0.3, -0.25) is 9.98 Å². The summed E-state index contributed by atoms with van der Waals surface area (Å²) in [5, 5.41) is 2.44. The van der Waals surface area contributed by atoms with E-state index in [0.717, 1.165) is 45.8 Å². The van der Waals surface area contributed by atoms with Crippen molar-refractivity contribution in [3.8, 4) is 28.1 Å². The first-order valence-corrected chi connectivity index (χ1v) is 21.0. The third-order valence-electron chi connectivity index (χ3n) is 13.4. The van der Waals surface area contributed by atoms with E-state index in [0.29, 0.717) is 0 Å². The Kier molecular flexibility index (Phi) is 8.24. The van der Waals surface area contributed by atoms with E-state index >= 15 is 0 Å². The van der Waals surface area contributed by atoms with Crippen LogP contribution >= 0.6 is 0 Å². The Morgan fingerprint density at radius 2 is 1.31 bits per heavy atom. The summed E-state index contributed by atoms with van der Waals surface area (Å²) in [6.07, 6.45) is 2.86. The van der Waals surface area contributed by atoms with Crippen LogP contribution in [-0.4, -0.2) is 20.9 Å². The summed E-state index contributed by atoms with van der Waals surface area (Å²) in [7, 11) is 0. The SMILES string of the molecule is Cc1cc(C)c(N2C(c3cc(-c4ccccc4)cc(-n4c5ccccc5c5ccc(-c6cc(C(C)(C)C)ccn6)cc54)c3)=N[C@]3(C)c4ccc(C)cc4C[C@]23C)c(C)c1. The number of nitrogens with zero attached hydrogens (tertiary/aromatic N) is 4. The topological polar surface area (TPSA) is 33.4 Å². The smallest absolute Gasteiger partial charge is 0.137 e. The number of amidine groups is 1. The summed E-state index contributed by atoms with van der Waals surface area (Å²) in [5.74, 6) is 1.01. The van der Waals surface area contributed by atoms with Crippen LogP contribution in [0.3, 0.4) is 0 Å². The van der Waals surface area contributed by atoms with Crippen molar-refractivity contribution < 1.29 is 0 Å². The standard InChI is InChI=1S/C55H52N4/c1-34-19-22-47-42(27-34)33-54(8)55(47,9)57-52(59(54)51-36(3)25-35(2)26-37(51)4)41-28-40(38-15-11-10-12-16-38)29-44(30-41)58-49-18-14-13-17-45(49)46-21-20-39(31-50(46)58)48-32-43(23-24-56-48)53(5,6)7/h10-32H,33H2,1-9H3/t54-,55+/m0/s1. The van der Waals surface area contributed by atoms with Crippen molar-refractivity contribution in [1.82, 2.24) is 9.55 Å². The first kappa shape index (κ1) is 37.0. The van der Waals surface area contributed by atoms with Crippen LogP contribution in [-0.2, 0) is 17.4 Å². The Labute approximate surface area is 348 Å². The summed E-state index contributed by atoms with van der Waals surface area (Å²) < 4.78 is 2.46. The largest absolute Gasteiger partial charge is 0.317 e. The van der Waals surface area contributed by atoms with Crippen molar-refractivity contribution in [3.63, 3.8) is 0 Å². The lowest BCUT2D eigenvalue weighted by atomic mass is 9.79. The van der Waals surface area contributed by atoms with E-state index in [1.165, 1.54) is 66.5 Å². The van der Waals surface area contributed by atoms with Gasteiger partial charge in [0.15, 0.2) is 0 Å². The van der Waals surface area contributed by atoms with E-state index in [4.69, 9.17) is 9.98 Å². The predicted molar refractivity (Wildman–Crippen MR) is 248 cm³/mol. The first-order valence-electron chi connectivity index (χ1n) is 21.0. The van der Waals surface area contributed by atoms with Crippen molar-refractivity contribution in [2.75, 3.05) is 4.90 Å². The van der Waals surface area contributed by atoms with Crippen molar-refractivity contribution >= 4 is 33.3 Å². The Morgan fingerprint density at radius 3 is 2.07 bits per heavy atom. The van der Waals surface area contributed by atoms with Gasteiger partial charge in [-0.05, 0) is 135 Å². The monoisotopic (exact) mass is 768 g/mol. The molecule has 1 aliphatic carbocycles. The number of hydrogen-bond acceptors (Lipinski definition) is 3. The van der Waals surface area contributed by atoms with Crippen LogP contribution in [0.4, 0.5) is 5.69 Å². The summed E-state index contributed by atoms with van der Waals surface area (Å²) >= 11 is 0. The molecule has 2 atom stereocenters. The zero-order valence-electron chi connectivity index (χ0n) is 35.8. The fourth-order valence-electron chi connectivity index (χ4n) is 10.4. The number of aliphatic imine (C=N–C) groups is 1. The minimum absolute atomic E-state index is 0.0190. The Bertz CT molecular complexity index is 3010. The molecular formula is C55H52N4. The van der Waals surface area contributed by atoms with E-state index in [1.54, 1.807) is 0 Å². The van der Waals surface area contributed by atoms with Gasteiger partial charge in [-0.2, -0.15) is 0 Å². The molecule has 292 valence electrons. The molecule has 10 rings (SSSR count). The number of fused-ring (bicyclic) bond motifs is 6. The van der Waals surface area contributed by atoms with Crippen molar-refractivity contribution in [3.05, 3.63) is 184 Å². The maximum Gasteiger partial charge on any atom is 0.137 e. The van der Waals surface area contributed by atoms with E-state index in [9.17, 15) is 0 Å². The van der Waals surface area contributed by atoms with Crippen LogP contribution in [0.5, 0.6) is 0 Å². The highest BCUT2D eigenvalue weighted by atomic mass is 15.4. The van der Waals surface area contributed by atoms with E-state index in [-0.39, 0.29) is 11.0 Å². The van der Waals surface area contributed by atoms with Gasteiger partial charge >= 0.3 is 0 Å². The van der Waals surface area contributed by atoms with Gasteiger partial charge in [-0.15, -0.1) is 0 Å². The second-order valence-corrected chi connectivity index (χ2v) is 18.6. The molecule has 0 saturated heterocycles. The molecule has 0 unspecified atom stereocenters. The number of para-hydroxylation sites is 1. The summed E-state index contributed by atoms with van der Waals surface area (Å²) in [4.78, 5) is 13.5. The average Bonchev–Trinajstić information content (AvgIpc) is 3.74. The van der Waals surface area contributed by atoms with Crippen LogP contribution in [0.2, 0.25) is 0 Å². The lowest BCUT2D eigenvalue weighted by molar-refractivity contribution is 0.321. The molecule has 6 aromatic carbocycles. The third-order valence-corrected chi connectivity index (χ3v) is 13.4. The van der Waals surface area contributed by atoms with Gasteiger partial charge in [-0.25, -0.2) is 0 Å². The molecule has 0 radical (unpaired) electrons. The van der Waals surface area contributed by atoms with Crippen LogP contribution in [0.15, 0.2) is 145 Å². The van der Waals surface area contributed by atoms with Crippen molar-refractivity contribution in [2.24, 2.45) is 4.99 Å². The molecule has 1 aliphatic heterocycles. The molecule has 2 aliphatic rings. The van der Waals surface area contributed by atoms with Gasteiger partial charge in [0.05, 0.1) is 22.3 Å². The Balaban J connectivity index is 1.26. The van der Waals surface area contributed by atoms with Crippen molar-refractivity contribution in [1.29, 1.82) is 0 Å². The Morgan fingerprint density at radius 1 is 0.593 bits per heavy atom. The third kappa shape index (κ3) is 5.71. The van der Waals surface area contributed by atoms with Gasteiger partial charge in [0, 0.05) is 39.5 Å². The maximum atomic E-state index is 5.95. The van der Waals surface area contributed by atoms with Crippen LogP contribution in [0, 0.1) is 27.7 Å². The molecule has 3 heterocycles. The van der Waals surface area contributed by atoms with Gasteiger partial charge in [0.25, 0.3) is 0 Å². The summed E-state index contributed by atoms with van der Waals surface area (Å²) in [5.41, 5.74) is 18.5. The molecule has 0 saturated carbocycles. The number of pyridine rings is 1. The second kappa shape index (κ2) is 13.1. The predicted octanol–water partition coefficient (Wildman–Crippen LogP) is 13.5. The molecule has 59 heavy (non-hydrogen) atoms. The first-order chi connectivity index (χ1) is 28.2. The zero-order chi connectivity index (χ0) is 41.0. The molecule has 8 aromatic rings. The normalized spacial score (nSPS) is 18.7.